The van der Waals surface area contributed by atoms with Crippen molar-refractivity contribution in [3.05, 3.63) is 0 Å². The summed E-state index contributed by atoms with van der Waals surface area (Å²) in [6.07, 6.45) is 5.69. The molecule has 1 nitrogen and oxygen atoms in total. The maximum atomic E-state index is 13.3. The van der Waals surface area contributed by atoms with E-state index in [0.29, 0.717) is 36.5 Å². The average molecular weight is 528 g/mol. The topological polar surface area (TPSA) is 26.0 Å². The van der Waals surface area contributed by atoms with Gasteiger partial charge in [0.05, 0.1) is 0 Å². The summed E-state index contributed by atoms with van der Waals surface area (Å²) >= 11 is 0. The minimum atomic E-state index is -2.54. The van der Waals surface area contributed by atoms with Crippen LogP contribution >= 0.6 is 0 Å². The Labute approximate surface area is 219 Å². The van der Waals surface area contributed by atoms with E-state index < -0.39 is 29.9 Å². The zero-order valence-corrected chi connectivity index (χ0v) is 23.6. The standard InChI is InChI=1S/C10H18F2.C10H19F.C9H17F2N.CH4/c1-7(2)9-5-4-6-10(11,12)8(9)3;1-7(2)9-5-4-6-10(11)8(9)3;1-6(2)8-7(12)4-3-5-9(8,10)11;/h7-9H,4-6H2,1-3H3;7-10H,4-6H2,1-3H3;6-8H,3-5,12H2,1-2H3;1H4/t8-,9+;8-,9+,10-;7-,8-;/m110./s1. The minimum absolute atomic E-state index is 0. The lowest BCUT2D eigenvalue weighted by atomic mass is 9.72. The van der Waals surface area contributed by atoms with E-state index in [1.807, 2.05) is 27.7 Å². The first-order chi connectivity index (χ1) is 16.0. The van der Waals surface area contributed by atoms with E-state index in [9.17, 15) is 22.0 Å². The Morgan fingerprint density at radius 2 is 1.14 bits per heavy atom. The molecule has 2 N–H and O–H groups in total. The van der Waals surface area contributed by atoms with Crippen LogP contribution < -0.4 is 5.73 Å². The molecule has 0 unspecified atom stereocenters. The summed E-state index contributed by atoms with van der Waals surface area (Å²) in [5.74, 6) is -3.82. The molecule has 7 atom stereocenters. The molecule has 0 spiro atoms. The van der Waals surface area contributed by atoms with Crippen molar-refractivity contribution in [1.82, 2.24) is 0 Å². The van der Waals surface area contributed by atoms with Crippen LogP contribution in [0.1, 0.15) is 121 Å². The summed E-state index contributed by atoms with van der Waals surface area (Å²) in [6, 6.07) is -0.311. The Hall–Kier alpha value is -0.390. The Kier molecular flexibility index (Phi) is 15.1. The van der Waals surface area contributed by atoms with Crippen molar-refractivity contribution in [2.24, 2.45) is 53.1 Å². The highest BCUT2D eigenvalue weighted by Crippen LogP contribution is 2.44. The van der Waals surface area contributed by atoms with Crippen LogP contribution in [0.25, 0.3) is 0 Å². The number of nitrogens with two attached hydrogens (primary N) is 1. The molecule has 3 rings (SSSR count). The molecule has 0 aromatic rings. The van der Waals surface area contributed by atoms with Crippen molar-refractivity contribution >= 4 is 0 Å². The van der Waals surface area contributed by atoms with Crippen LogP contribution in [-0.2, 0) is 0 Å². The number of alkyl halides is 5. The molecule has 3 aliphatic rings. The Morgan fingerprint density at radius 3 is 1.53 bits per heavy atom. The largest absolute Gasteiger partial charge is 0.327 e. The molecular weight excluding hydrogens is 469 g/mol. The Bertz CT molecular complexity index is 592. The second-order valence-electron chi connectivity index (χ2n) is 12.7. The van der Waals surface area contributed by atoms with E-state index in [-0.39, 0.29) is 38.1 Å². The molecule has 0 bridgehead atoms. The van der Waals surface area contributed by atoms with Gasteiger partial charge in [-0.2, -0.15) is 0 Å². The van der Waals surface area contributed by atoms with E-state index in [1.54, 1.807) is 6.92 Å². The van der Waals surface area contributed by atoms with Gasteiger partial charge >= 0.3 is 0 Å². The number of hydrogen-bond donors (Lipinski definition) is 1. The normalized spacial score (nSPS) is 35.8. The van der Waals surface area contributed by atoms with Crippen molar-refractivity contribution in [1.29, 1.82) is 0 Å². The second kappa shape index (κ2) is 15.3. The predicted molar refractivity (Wildman–Crippen MR) is 144 cm³/mol. The van der Waals surface area contributed by atoms with Crippen LogP contribution in [-0.4, -0.2) is 24.1 Å². The molecule has 36 heavy (non-hydrogen) atoms. The molecule has 0 saturated heterocycles. The molecule has 0 aromatic heterocycles. The fraction of sp³-hybridized carbons (Fsp3) is 1.00. The molecule has 0 heterocycles. The molecule has 0 amide bonds. The molecule has 0 aliphatic heterocycles. The average Bonchev–Trinajstić information content (AvgIpc) is 2.71. The third-order valence-electron chi connectivity index (χ3n) is 9.05. The molecule has 0 aromatic carbocycles. The number of halogens is 5. The van der Waals surface area contributed by atoms with E-state index in [4.69, 9.17) is 5.73 Å². The van der Waals surface area contributed by atoms with Crippen molar-refractivity contribution in [3.8, 4) is 0 Å². The summed E-state index contributed by atoms with van der Waals surface area (Å²) < 4.78 is 66.2. The zero-order valence-electron chi connectivity index (χ0n) is 23.6. The van der Waals surface area contributed by atoms with Crippen LogP contribution in [0.2, 0.25) is 0 Å². The van der Waals surface area contributed by atoms with Crippen LogP contribution in [0.5, 0.6) is 0 Å². The minimum Gasteiger partial charge on any atom is -0.327 e. The monoisotopic (exact) mass is 527 g/mol. The summed E-state index contributed by atoms with van der Waals surface area (Å²) in [5.41, 5.74) is 5.68. The first kappa shape index (κ1) is 35.6. The van der Waals surface area contributed by atoms with Crippen molar-refractivity contribution in [2.75, 3.05) is 0 Å². The van der Waals surface area contributed by atoms with Gasteiger partial charge in [0.1, 0.15) is 6.17 Å². The van der Waals surface area contributed by atoms with Gasteiger partial charge in [-0.3, -0.25) is 0 Å². The predicted octanol–water partition coefficient (Wildman–Crippen LogP) is 10.2. The maximum Gasteiger partial charge on any atom is 0.252 e. The van der Waals surface area contributed by atoms with Crippen LogP contribution in [0.3, 0.4) is 0 Å². The lowest BCUT2D eigenvalue weighted by Crippen LogP contribution is -2.48. The highest BCUT2D eigenvalue weighted by atomic mass is 19.3. The van der Waals surface area contributed by atoms with Gasteiger partial charge in [0, 0.05) is 30.7 Å². The summed E-state index contributed by atoms with van der Waals surface area (Å²) in [4.78, 5) is 0. The van der Waals surface area contributed by atoms with Crippen molar-refractivity contribution < 1.29 is 22.0 Å². The molecule has 6 heteroatoms. The quantitative estimate of drug-likeness (QED) is 0.363. The fourth-order valence-corrected chi connectivity index (χ4v) is 6.77. The zero-order chi connectivity index (χ0) is 27.1. The summed E-state index contributed by atoms with van der Waals surface area (Å²) in [5, 5.41) is 0. The highest BCUT2D eigenvalue weighted by molar-refractivity contribution is 4.91. The molecular formula is C30H58F5N. The Balaban J connectivity index is 0.000000504. The van der Waals surface area contributed by atoms with E-state index in [1.165, 1.54) is 6.42 Å². The first-order valence-corrected chi connectivity index (χ1v) is 14.2. The van der Waals surface area contributed by atoms with Gasteiger partial charge in [-0.05, 0) is 74.0 Å². The highest BCUT2D eigenvalue weighted by Gasteiger charge is 2.47. The van der Waals surface area contributed by atoms with Crippen LogP contribution in [0.4, 0.5) is 22.0 Å². The van der Waals surface area contributed by atoms with E-state index >= 15 is 0 Å². The van der Waals surface area contributed by atoms with Crippen LogP contribution in [0.15, 0.2) is 0 Å². The molecule has 3 saturated carbocycles. The van der Waals surface area contributed by atoms with Gasteiger partial charge in [-0.15, -0.1) is 0 Å². The van der Waals surface area contributed by atoms with Gasteiger partial charge in [0.2, 0.25) is 0 Å². The summed E-state index contributed by atoms with van der Waals surface area (Å²) in [7, 11) is 0. The van der Waals surface area contributed by atoms with Gasteiger partial charge in [-0.1, -0.05) is 69.2 Å². The SMILES string of the molecule is C.CC(C)[C@@H]1CCCC(F)(F)[C@@H]1C.CC(C)[C@@H]1CCC[C@@H](F)[C@@H]1C.CC(C)[C@H]1[C@@H](N)CCCC1(F)F. The third kappa shape index (κ3) is 10.1. The van der Waals surface area contributed by atoms with Crippen molar-refractivity contribution in [2.45, 2.75) is 145 Å². The molecule has 3 fully saturated rings. The van der Waals surface area contributed by atoms with E-state index in [0.717, 1.165) is 25.7 Å². The molecule has 218 valence electrons. The van der Waals surface area contributed by atoms with Crippen molar-refractivity contribution in [3.63, 3.8) is 0 Å². The maximum absolute atomic E-state index is 13.3. The Morgan fingerprint density at radius 1 is 0.667 bits per heavy atom. The van der Waals surface area contributed by atoms with Gasteiger partial charge in [0.25, 0.3) is 11.8 Å². The van der Waals surface area contributed by atoms with Crippen LogP contribution in [0, 0.1) is 47.3 Å². The summed E-state index contributed by atoms with van der Waals surface area (Å²) in [6.45, 7) is 15.9. The van der Waals surface area contributed by atoms with Gasteiger partial charge < -0.3 is 5.73 Å². The lowest BCUT2D eigenvalue weighted by Gasteiger charge is -2.38. The molecule has 0 radical (unpaired) electrons. The number of hydrogen-bond acceptors (Lipinski definition) is 1. The first-order valence-electron chi connectivity index (χ1n) is 14.2. The smallest absolute Gasteiger partial charge is 0.252 e. The van der Waals surface area contributed by atoms with Gasteiger partial charge in [-0.25, -0.2) is 22.0 Å². The fourth-order valence-electron chi connectivity index (χ4n) is 6.77. The molecule has 3 aliphatic carbocycles. The van der Waals surface area contributed by atoms with E-state index in [2.05, 4.69) is 20.8 Å². The second-order valence-corrected chi connectivity index (χ2v) is 12.7. The van der Waals surface area contributed by atoms with Gasteiger partial charge in [0.15, 0.2) is 0 Å². The third-order valence-corrected chi connectivity index (χ3v) is 9.05. The lowest BCUT2D eigenvalue weighted by molar-refractivity contribution is -0.110. The number of rotatable bonds is 3.